The molecule has 0 saturated carbocycles. The summed E-state index contributed by atoms with van der Waals surface area (Å²) in [6.07, 6.45) is 1.84. The van der Waals surface area contributed by atoms with E-state index >= 15 is 0 Å². The molecule has 1 saturated heterocycles. The largest absolute Gasteiger partial charge is 0.377 e. The number of piperidine rings is 1. The summed E-state index contributed by atoms with van der Waals surface area (Å²) in [6, 6.07) is 11.0. The summed E-state index contributed by atoms with van der Waals surface area (Å²) in [5.74, 6) is -0.320. The molecule has 0 spiro atoms. The van der Waals surface area contributed by atoms with Crippen LogP contribution in [0.2, 0.25) is 0 Å². The Morgan fingerprint density at radius 2 is 2.08 bits per heavy atom. The van der Waals surface area contributed by atoms with Crippen molar-refractivity contribution >= 4 is 5.91 Å². The number of rotatable bonds is 4. The molecule has 1 amide bonds. The molecule has 0 N–H and O–H groups in total. The standard InChI is InChI=1S/C19H23N3O3/c1-3-25-16-10-7-11-21(13-16)19(24)18-17(23)12-14(2)22(20-18)15-8-5-4-6-9-15/h4-6,8-9,12,16H,3,7,10-11,13H2,1-2H3. The number of aromatic nitrogens is 2. The van der Waals surface area contributed by atoms with Gasteiger partial charge in [0.15, 0.2) is 5.69 Å². The average Bonchev–Trinajstić information content (AvgIpc) is 2.62. The number of ether oxygens (including phenoxy) is 1. The lowest BCUT2D eigenvalue weighted by atomic mass is 10.1. The molecule has 1 aromatic carbocycles. The molecule has 1 aromatic heterocycles. The summed E-state index contributed by atoms with van der Waals surface area (Å²) in [5.41, 5.74) is 1.14. The number of carbonyl (C=O) groups excluding carboxylic acids is 1. The maximum atomic E-state index is 12.9. The van der Waals surface area contributed by atoms with Gasteiger partial charge in [-0.05, 0) is 38.8 Å². The fourth-order valence-corrected chi connectivity index (χ4v) is 3.17. The summed E-state index contributed by atoms with van der Waals surface area (Å²) >= 11 is 0. The summed E-state index contributed by atoms with van der Waals surface area (Å²) in [7, 11) is 0. The highest BCUT2D eigenvalue weighted by Gasteiger charge is 2.27. The van der Waals surface area contributed by atoms with Crippen molar-refractivity contribution in [1.82, 2.24) is 14.7 Å². The summed E-state index contributed by atoms with van der Waals surface area (Å²) in [4.78, 5) is 26.9. The van der Waals surface area contributed by atoms with Crippen LogP contribution in [0.5, 0.6) is 0 Å². The minimum atomic E-state index is -0.340. The van der Waals surface area contributed by atoms with Gasteiger partial charge in [-0.25, -0.2) is 4.68 Å². The first-order chi connectivity index (χ1) is 12.1. The number of amides is 1. The van der Waals surface area contributed by atoms with Gasteiger partial charge in [0.1, 0.15) is 0 Å². The Morgan fingerprint density at radius 1 is 1.32 bits per heavy atom. The van der Waals surface area contributed by atoms with E-state index in [1.54, 1.807) is 9.58 Å². The third kappa shape index (κ3) is 3.79. The second-order valence-corrected chi connectivity index (χ2v) is 6.22. The molecule has 1 fully saturated rings. The van der Waals surface area contributed by atoms with Crippen LogP contribution >= 0.6 is 0 Å². The Kier molecular flexibility index (Phi) is 5.28. The number of hydrogen-bond donors (Lipinski definition) is 0. The van der Waals surface area contributed by atoms with E-state index < -0.39 is 0 Å². The van der Waals surface area contributed by atoms with Crippen LogP contribution in [0.3, 0.4) is 0 Å². The fraction of sp³-hybridized carbons (Fsp3) is 0.421. The van der Waals surface area contributed by atoms with Crippen LogP contribution in [0.25, 0.3) is 5.69 Å². The third-order valence-electron chi connectivity index (χ3n) is 4.38. The molecular formula is C19H23N3O3. The zero-order chi connectivity index (χ0) is 17.8. The number of benzene rings is 1. The minimum absolute atomic E-state index is 0.0319. The molecule has 25 heavy (non-hydrogen) atoms. The van der Waals surface area contributed by atoms with Crippen LogP contribution in [-0.2, 0) is 4.74 Å². The SMILES string of the molecule is CCOC1CCCN(C(=O)c2nn(-c3ccccc3)c(C)cc2=O)C1. The zero-order valence-corrected chi connectivity index (χ0v) is 14.6. The molecule has 6 nitrogen and oxygen atoms in total. The van der Waals surface area contributed by atoms with E-state index in [4.69, 9.17) is 4.74 Å². The minimum Gasteiger partial charge on any atom is -0.377 e. The molecule has 0 bridgehead atoms. The van der Waals surface area contributed by atoms with Crippen LogP contribution in [0.15, 0.2) is 41.2 Å². The Balaban J connectivity index is 1.91. The van der Waals surface area contributed by atoms with Crippen molar-refractivity contribution in [3.05, 3.63) is 58.0 Å². The molecule has 3 rings (SSSR count). The zero-order valence-electron chi connectivity index (χ0n) is 14.6. The van der Waals surface area contributed by atoms with Gasteiger partial charge in [0.05, 0.1) is 11.8 Å². The van der Waals surface area contributed by atoms with Gasteiger partial charge in [0.25, 0.3) is 5.91 Å². The third-order valence-corrected chi connectivity index (χ3v) is 4.38. The predicted octanol–water partition coefficient (Wildman–Crippen LogP) is 2.18. The van der Waals surface area contributed by atoms with Crippen LogP contribution in [0, 0.1) is 6.92 Å². The Labute approximate surface area is 147 Å². The first-order valence-electron chi connectivity index (χ1n) is 8.67. The lowest BCUT2D eigenvalue weighted by Crippen LogP contribution is -2.45. The van der Waals surface area contributed by atoms with Crippen molar-refractivity contribution in [1.29, 1.82) is 0 Å². The molecule has 2 aromatic rings. The van der Waals surface area contributed by atoms with Gasteiger partial charge in [0, 0.05) is 31.5 Å². The van der Waals surface area contributed by atoms with E-state index in [0.717, 1.165) is 18.5 Å². The van der Waals surface area contributed by atoms with E-state index in [0.29, 0.717) is 25.4 Å². The molecule has 0 radical (unpaired) electrons. The highest BCUT2D eigenvalue weighted by Crippen LogP contribution is 2.15. The number of aryl methyl sites for hydroxylation is 1. The number of para-hydroxylation sites is 1. The van der Waals surface area contributed by atoms with Gasteiger partial charge in [-0.15, -0.1) is 0 Å². The van der Waals surface area contributed by atoms with Crippen molar-refractivity contribution in [3.63, 3.8) is 0 Å². The summed E-state index contributed by atoms with van der Waals surface area (Å²) < 4.78 is 7.28. The van der Waals surface area contributed by atoms with Crippen molar-refractivity contribution in [2.45, 2.75) is 32.8 Å². The first-order valence-corrected chi connectivity index (χ1v) is 8.67. The molecule has 2 heterocycles. The highest BCUT2D eigenvalue weighted by atomic mass is 16.5. The van der Waals surface area contributed by atoms with Crippen molar-refractivity contribution in [3.8, 4) is 5.69 Å². The maximum Gasteiger partial charge on any atom is 0.278 e. The molecule has 1 atom stereocenters. The maximum absolute atomic E-state index is 12.9. The molecule has 1 aliphatic rings. The topological polar surface area (TPSA) is 64.4 Å². The second-order valence-electron chi connectivity index (χ2n) is 6.22. The number of nitrogens with zero attached hydrogens (tertiary/aromatic N) is 3. The predicted molar refractivity (Wildman–Crippen MR) is 95.1 cm³/mol. The van der Waals surface area contributed by atoms with E-state index in [9.17, 15) is 9.59 Å². The van der Waals surface area contributed by atoms with E-state index in [-0.39, 0.29) is 23.1 Å². The average molecular weight is 341 g/mol. The smallest absolute Gasteiger partial charge is 0.278 e. The van der Waals surface area contributed by atoms with Gasteiger partial charge >= 0.3 is 0 Å². The van der Waals surface area contributed by atoms with Crippen LogP contribution in [0.1, 0.15) is 35.9 Å². The lowest BCUT2D eigenvalue weighted by Gasteiger charge is -2.32. The quantitative estimate of drug-likeness (QED) is 0.855. The molecular weight excluding hydrogens is 318 g/mol. The second kappa shape index (κ2) is 7.61. The normalized spacial score (nSPS) is 17.5. The van der Waals surface area contributed by atoms with Gasteiger partial charge < -0.3 is 9.64 Å². The van der Waals surface area contributed by atoms with E-state index in [1.807, 2.05) is 44.2 Å². The Hall–Kier alpha value is -2.47. The molecule has 1 unspecified atom stereocenters. The lowest BCUT2D eigenvalue weighted by molar-refractivity contribution is 0.00691. The van der Waals surface area contributed by atoms with Crippen LogP contribution in [0.4, 0.5) is 0 Å². The highest BCUT2D eigenvalue weighted by molar-refractivity contribution is 5.92. The van der Waals surface area contributed by atoms with E-state index in [1.165, 1.54) is 6.07 Å². The summed E-state index contributed by atoms with van der Waals surface area (Å²) in [5, 5.41) is 4.36. The van der Waals surface area contributed by atoms with Gasteiger partial charge in [-0.1, -0.05) is 18.2 Å². The van der Waals surface area contributed by atoms with Gasteiger partial charge in [0.2, 0.25) is 5.43 Å². The van der Waals surface area contributed by atoms with Gasteiger partial charge in [-0.2, -0.15) is 5.10 Å². The van der Waals surface area contributed by atoms with Crippen molar-refractivity contribution in [2.75, 3.05) is 19.7 Å². The Bertz CT molecular complexity index is 799. The monoisotopic (exact) mass is 341 g/mol. The Morgan fingerprint density at radius 3 is 2.80 bits per heavy atom. The van der Waals surface area contributed by atoms with Crippen LogP contribution < -0.4 is 5.43 Å². The number of carbonyl (C=O) groups is 1. The molecule has 0 aliphatic carbocycles. The molecule has 1 aliphatic heterocycles. The number of hydrogen-bond acceptors (Lipinski definition) is 4. The van der Waals surface area contributed by atoms with Gasteiger partial charge in [-0.3, -0.25) is 9.59 Å². The van der Waals surface area contributed by atoms with E-state index in [2.05, 4.69) is 5.10 Å². The number of likely N-dealkylation sites (tertiary alicyclic amines) is 1. The fourth-order valence-electron chi connectivity index (χ4n) is 3.17. The first kappa shape index (κ1) is 17.4. The summed E-state index contributed by atoms with van der Waals surface area (Å²) in [6.45, 7) is 5.51. The molecule has 6 heteroatoms. The molecule has 132 valence electrons. The van der Waals surface area contributed by atoms with Crippen LogP contribution in [-0.4, -0.2) is 46.4 Å². The van der Waals surface area contributed by atoms with Crippen molar-refractivity contribution < 1.29 is 9.53 Å². The van der Waals surface area contributed by atoms with Crippen molar-refractivity contribution in [2.24, 2.45) is 0 Å².